The predicted molar refractivity (Wildman–Crippen MR) is 56.2 cm³/mol. The standard InChI is InChI=1S/C10H16N2S/c1-7(2)10-12-9(6-13-10)8-4-3-5-11-8/h6-8,11H,3-5H2,1-2H3. The highest BCUT2D eigenvalue weighted by Crippen LogP contribution is 2.27. The van der Waals surface area contributed by atoms with Gasteiger partial charge in [0.25, 0.3) is 0 Å². The van der Waals surface area contributed by atoms with Crippen molar-refractivity contribution in [2.45, 2.75) is 38.6 Å². The van der Waals surface area contributed by atoms with E-state index in [9.17, 15) is 0 Å². The summed E-state index contributed by atoms with van der Waals surface area (Å²) in [5.74, 6) is 0.570. The van der Waals surface area contributed by atoms with Crippen molar-refractivity contribution in [3.8, 4) is 0 Å². The Labute approximate surface area is 83.4 Å². The van der Waals surface area contributed by atoms with Crippen LogP contribution in [0.25, 0.3) is 0 Å². The Morgan fingerprint density at radius 3 is 3.00 bits per heavy atom. The third kappa shape index (κ3) is 1.92. The monoisotopic (exact) mass is 196 g/mol. The normalized spacial score (nSPS) is 22.8. The molecule has 72 valence electrons. The molecule has 2 rings (SSSR count). The third-order valence-electron chi connectivity index (χ3n) is 2.45. The zero-order valence-corrected chi connectivity index (χ0v) is 9.03. The summed E-state index contributed by atoms with van der Waals surface area (Å²) in [6.45, 7) is 5.55. The number of aromatic nitrogens is 1. The van der Waals surface area contributed by atoms with Crippen molar-refractivity contribution < 1.29 is 0 Å². The van der Waals surface area contributed by atoms with Crippen LogP contribution in [0.3, 0.4) is 0 Å². The van der Waals surface area contributed by atoms with Gasteiger partial charge in [0.2, 0.25) is 0 Å². The fourth-order valence-corrected chi connectivity index (χ4v) is 2.55. The van der Waals surface area contributed by atoms with Gasteiger partial charge in [-0.15, -0.1) is 11.3 Å². The Bertz CT molecular complexity index is 274. The van der Waals surface area contributed by atoms with E-state index in [-0.39, 0.29) is 0 Å². The lowest BCUT2D eigenvalue weighted by molar-refractivity contribution is 0.627. The smallest absolute Gasteiger partial charge is 0.0954 e. The molecule has 1 fully saturated rings. The lowest BCUT2D eigenvalue weighted by Crippen LogP contribution is -2.13. The van der Waals surface area contributed by atoms with Crippen LogP contribution in [-0.2, 0) is 0 Å². The molecule has 1 aliphatic heterocycles. The fourth-order valence-electron chi connectivity index (χ4n) is 1.66. The number of nitrogens with zero attached hydrogens (tertiary/aromatic N) is 1. The number of thiazole rings is 1. The molecule has 1 aromatic rings. The average Bonchev–Trinajstić information content (AvgIpc) is 2.75. The first-order valence-electron chi connectivity index (χ1n) is 4.96. The Hall–Kier alpha value is -0.410. The van der Waals surface area contributed by atoms with E-state index in [4.69, 9.17) is 0 Å². The Balaban J connectivity index is 2.12. The van der Waals surface area contributed by atoms with Gasteiger partial charge in [-0.3, -0.25) is 0 Å². The lowest BCUT2D eigenvalue weighted by atomic mass is 10.2. The van der Waals surface area contributed by atoms with Crippen molar-refractivity contribution in [2.24, 2.45) is 0 Å². The van der Waals surface area contributed by atoms with Crippen LogP contribution in [0.2, 0.25) is 0 Å². The van der Waals surface area contributed by atoms with Crippen LogP contribution in [0.15, 0.2) is 5.38 Å². The predicted octanol–water partition coefficient (Wildman–Crippen LogP) is 2.69. The van der Waals surface area contributed by atoms with E-state index in [2.05, 4.69) is 29.5 Å². The highest BCUT2D eigenvalue weighted by Gasteiger charge is 2.19. The first-order chi connectivity index (χ1) is 6.27. The SMILES string of the molecule is CC(C)c1nc(C2CCCN2)cs1. The van der Waals surface area contributed by atoms with E-state index < -0.39 is 0 Å². The van der Waals surface area contributed by atoms with Crippen LogP contribution in [0.1, 0.15) is 49.4 Å². The van der Waals surface area contributed by atoms with Gasteiger partial charge in [-0.2, -0.15) is 0 Å². The van der Waals surface area contributed by atoms with Gasteiger partial charge < -0.3 is 5.32 Å². The van der Waals surface area contributed by atoms with Crippen molar-refractivity contribution >= 4 is 11.3 Å². The van der Waals surface area contributed by atoms with E-state index in [1.165, 1.54) is 23.5 Å². The van der Waals surface area contributed by atoms with Crippen LogP contribution < -0.4 is 5.32 Å². The van der Waals surface area contributed by atoms with E-state index in [0.717, 1.165) is 6.54 Å². The highest BCUT2D eigenvalue weighted by molar-refractivity contribution is 7.09. The van der Waals surface area contributed by atoms with Crippen LogP contribution >= 0.6 is 11.3 Å². The first kappa shape index (κ1) is 9.16. The summed E-state index contributed by atoms with van der Waals surface area (Å²) >= 11 is 1.79. The fraction of sp³-hybridized carbons (Fsp3) is 0.700. The maximum Gasteiger partial charge on any atom is 0.0954 e. The molecule has 0 saturated carbocycles. The van der Waals surface area contributed by atoms with Crippen LogP contribution in [0.4, 0.5) is 0 Å². The molecule has 3 heteroatoms. The molecule has 1 unspecified atom stereocenters. The second-order valence-corrected chi connectivity index (χ2v) is 4.80. The zero-order chi connectivity index (χ0) is 9.26. The number of hydrogen-bond donors (Lipinski definition) is 1. The first-order valence-corrected chi connectivity index (χ1v) is 5.84. The summed E-state index contributed by atoms with van der Waals surface area (Å²) in [5, 5.41) is 6.94. The molecule has 2 nitrogen and oxygen atoms in total. The molecule has 0 aliphatic carbocycles. The van der Waals surface area contributed by atoms with E-state index in [1.807, 2.05) is 0 Å². The summed E-state index contributed by atoms with van der Waals surface area (Å²) < 4.78 is 0. The summed E-state index contributed by atoms with van der Waals surface area (Å²) in [7, 11) is 0. The summed E-state index contributed by atoms with van der Waals surface area (Å²) in [4.78, 5) is 4.65. The maximum atomic E-state index is 4.65. The Kier molecular flexibility index (Phi) is 2.65. The number of nitrogens with one attached hydrogen (secondary N) is 1. The molecule has 0 bridgehead atoms. The maximum absolute atomic E-state index is 4.65. The molecule has 1 N–H and O–H groups in total. The second kappa shape index (κ2) is 3.76. The quantitative estimate of drug-likeness (QED) is 0.786. The second-order valence-electron chi connectivity index (χ2n) is 3.91. The minimum atomic E-state index is 0.531. The molecule has 13 heavy (non-hydrogen) atoms. The Morgan fingerprint density at radius 2 is 2.46 bits per heavy atom. The van der Waals surface area contributed by atoms with E-state index in [1.54, 1.807) is 11.3 Å². The molecule has 0 aromatic carbocycles. The summed E-state index contributed by atoms with van der Waals surface area (Å²) in [6.07, 6.45) is 2.54. The summed E-state index contributed by atoms with van der Waals surface area (Å²) in [6, 6.07) is 0.531. The number of rotatable bonds is 2. The van der Waals surface area contributed by atoms with Crippen molar-refractivity contribution in [2.75, 3.05) is 6.54 Å². The van der Waals surface area contributed by atoms with E-state index >= 15 is 0 Å². The molecule has 1 atom stereocenters. The molecule has 0 spiro atoms. The molecule has 1 aliphatic rings. The van der Waals surface area contributed by atoms with Gasteiger partial charge in [-0.25, -0.2) is 4.98 Å². The van der Waals surface area contributed by atoms with Gasteiger partial charge in [0.1, 0.15) is 0 Å². The van der Waals surface area contributed by atoms with Gasteiger partial charge >= 0.3 is 0 Å². The van der Waals surface area contributed by atoms with Crippen molar-refractivity contribution in [3.63, 3.8) is 0 Å². The largest absolute Gasteiger partial charge is 0.309 e. The lowest BCUT2D eigenvalue weighted by Gasteiger charge is -2.05. The van der Waals surface area contributed by atoms with Crippen molar-refractivity contribution in [1.82, 2.24) is 10.3 Å². The molecule has 1 saturated heterocycles. The van der Waals surface area contributed by atoms with Crippen LogP contribution in [0, 0.1) is 0 Å². The van der Waals surface area contributed by atoms with E-state index in [0.29, 0.717) is 12.0 Å². The van der Waals surface area contributed by atoms with Gasteiger partial charge in [0.05, 0.1) is 16.7 Å². The summed E-state index contributed by atoms with van der Waals surface area (Å²) in [5.41, 5.74) is 1.26. The third-order valence-corrected chi connectivity index (χ3v) is 3.61. The van der Waals surface area contributed by atoms with Gasteiger partial charge in [-0.1, -0.05) is 13.8 Å². The van der Waals surface area contributed by atoms with Gasteiger partial charge in [-0.05, 0) is 19.4 Å². The highest BCUT2D eigenvalue weighted by atomic mass is 32.1. The Morgan fingerprint density at radius 1 is 1.62 bits per heavy atom. The van der Waals surface area contributed by atoms with Crippen LogP contribution in [-0.4, -0.2) is 11.5 Å². The topological polar surface area (TPSA) is 24.9 Å². The molecule has 2 heterocycles. The number of hydrogen-bond acceptors (Lipinski definition) is 3. The molecule has 0 radical (unpaired) electrons. The molecule has 0 amide bonds. The molecular formula is C10H16N2S. The molecule has 1 aromatic heterocycles. The minimum absolute atomic E-state index is 0.531. The van der Waals surface area contributed by atoms with Crippen molar-refractivity contribution in [3.05, 3.63) is 16.1 Å². The van der Waals surface area contributed by atoms with Crippen molar-refractivity contribution in [1.29, 1.82) is 0 Å². The zero-order valence-electron chi connectivity index (χ0n) is 8.21. The van der Waals surface area contributed by atoms with Gasteiger partial charge in [0, 0.05) is 11.3 Å². The van der Waals surface area contributed by atoms with Crippen LogP contribution in [0.5, 0.6) is 0 Å². The average molecular weight is 196 g/mol. The molecular weight excluding hydrogens is 180 g/mol. The minimum Gasteiger partial charge on any atom is -0.309 e. The van der Waals surface area contributed by atoms with Gasteiger partial charge in [0.15, 0.2) is 0 Å².